The van der Waals surface area contributed by atoms with Crippen LogP contribution in [0.5, 0.6) is 5.75 Å². The molecule has 1 aliphatic heterocycles. The molecule has 2 heterocycles. The Balaban J connectivity index is 1.69. The van der Waals surface area contributed by atoms with Gasteiger partial charge in [0.05, 0.1) is 12.2 Å². The third-order valence-electron chi connectivity index (χ3n) is 4.32. The normalized spacial score (nSPS) is 16.5. The third-order valence-corrected chi connectivity index (χ3v) is 4.32. The zero-order valence-corrected chi connectivity index (χ0v) is 14.1. The fourth-order valence-corrected chi connectivity index (χ4v) is 2.76. The minimum absolute atomic E-state index is 0.0209. The Hall–Kier alpha value is -2.76. The first kappa shape index (κ1) is 16.1. The van der Waals surface area contributed by atoms with E-state index in [1.54, 1.807) is 19.1 Å². The molecule has 6 heteroatoms. The molecule has 1 aliphatic rings. The van der Waals surface area contributed by atoms with Gasteiger partial charge in [-0.3, -0.25) is 14.5 Å². The lowest BCUT2D eigenvalue weighted by molar-refractivity contribution is -0.128. The number of ether oxygens (including phenoxy) is 1. The van der Waals surface area contributed by atoms with E-state index < -0.39 is 6.10 Å². The Bertz CT molecular complexity index is 782. The van der Waals surface area contributed by atoms with Gasteiger partial charge in [-0.2, -0.15) is 0 Å². The average molecular weight is 327 g/mol. The molecule has 1 aromatic carbocycles. The SMILES string of the molecule is Cc1ccc(CNC(=O)CN2C(=O)[C@@H](C)Oc3ccccc32)n1C. The second-order valence-corrected chi connectivity index (χ2v) is 5.95. The van der Waals surface area contributed by atoms with Crippen LogP contribution in [0, 0.1) is 6.92 Å². The highest BCUT2D eigenvalue weighted by atomic mass is 16.5. The van der Waals surface area contributed by atoms with E-state index in [1.807, 2.05) is 42.8 Å². The first-order chi connectivity index (χ1) is 11.5. The Labute approximate surface area is 141 Å². The minimum atomic E-state index is -0.594. The Morgan fingerprint density at radius 2 is 2.00 bits per heavy atom. The Morgan fingerprint density at radius 3 is 2.71 bits per heavy atom. The Morgan fingerprint density at radius 1 is 1.25 bits per heavy atom. The lowest BCUT2D eigenvalue weighted by Gasteiger charge is -2.32. The molecule has 0 saturated heterocycles. The van der Waals surface area contributed by atoms with Gasteiger partial charge in [-0.1, -0.05) is 12.1 Å². The van der Waals surface area contributed by atoms with Crippen LogP contribution in [0.1, 0.15) is 18.3 Å². The van der Waals surface area contributed by atoms with Crippen molar-refractivity contribution >= 4 is 17.5 Å². The largest absolute Gasteiger partial charge is 0.479 e. The van der Waals surface area contributed by atoms with Crippen molar-refractivity contribution in [1.29, 1.82) is 0 Å². The maximum Gasteiger partial charge on any atom is 0.268 e. The molecule has 1 N–H and O–H groups in total. The number of nitrogens with zero attached hydrogens (tertiary/aromatic N) is 2. The van der Waals surface area contributed by atoms with Gasteiger partial charge >= 0.3 is 0 Å². The van der Waals surface area contributed by atoms with E-state index in [9.17, 15) is 9.59 Å². The van der Waals surface area contributed by atoms with Crippen LogP contribution in [-0.2, 0) is 23.2 Å². The number of fused-ring (bicyclic) bond motifs is 1. The van der Waals surface area contributed by atoms with Gasteiger partial charge in [-0.15, -0.1) is 0 Å². The van der Waals surface area contributed by atoms with Crippen molar-refractivity contribution in [2.45, 2.75) is 26.5 Å². The number of para-hydroxylation sites is 2. The molecule has 6 nitrogen and oxygen atoms in total. The lowest BCUT2D eigenvalue weighted by atomic mass is 10.2. The molecule has 0 spiro atoms. The number of anilines is 1. The number of rotatable bonds is 4. The second kappa shape index (κ2) is 6.39. The number of aromatic nitrogens is 1. The molecule has 0 bridgehead atoms. The number of benzene rings is 1. The number of carbonyl (C=O) groups excluding carboxylic acids is 2. The first-order valence-electron chi connectivity index (χ1n) is 7.92. The van der Waals surface area contributed by atoms with Crippen LogP contribution >= 0.6 is 0 Å². The van der Waals surface area contributed by atoms with Crippen molar-refractivity contribution in [3.05, 3.63) is 47.8 Å². The second-order valence-electron chi connectivity index (χ2n) is 5.95. The van der Waals surface area contributed by atoms with Gasteiger partial charge in [-0.25, -0.2) is 0 Å². The average Bonchev–Trinajstić information content (AvgIpc) is 2.89. The molecule has 126 valence electrons. The maximum absolute atomic E-state index is 12.4. The number of hydrogen-bond acceptors (Lipinski definition) is 3. The molecular formula is C18H21N3O3. The van der Waals surface area contributed by atoms with E-state index in [4.69, 9.17) is 4.74 Å². The van der Waals surface area contributed by atoms with Gasteiger partial charge < -0.3 is 14.6 Å². The molecule has 0 aliphatic carbocycles. The summed E-state index contributed by atoms with van der Waals surface area (Å²) in [4.78, 5) is 26.2. The minimum Gasteiger partial charge on any atom is -0.479 e. The van der Waals surface area contributed by atoms with Crippen molar-refractivity contribution in [2.24, 2.45) is 7.05 Å². The van der Waals surface area contributed by atoms with Gasteiger partial charge in [0.1, 0.15) is 12.3 Å². The predicted molar refractivity (Wildman–Crippen MR) is 90.9 cm³/mol. The summed E-state index contributed by atoms with van der Waals surface area (Å²) in [6, 6.07) is 11.2. The molecule has 0 unspecified atom stereocenters. The summed E-state index contributed by atoms with van der Waals surface area (Å²) in [6.07, 6.45) is -0.594. The quantitative estimate of drug-likeness (QED) is 0.931. The van der Waals surface area contributed by atoms with Crippen molar-refractivity contribution < 1.29 is 14.3 Å². The summed E-state index contributed by atoms with van der Waals surface area (Å²) in [5.41, 5.74) is 2.78. The van der Waals surface area contributed by atoms with Crippen molar-refractivity contribution in [3.8, 4) is 5.75 Å². The summed E-state index contributed by atoms with van der Waals surface area (Å²) in [5, 5.41) is 2.87. The van der Waals surface area contributed by atoms with Crippen LogP contribution in [0.4, 0.5) is 5.69 Å². The van der Waals surface area contributed by atoms with Crippen molar-refractivity contribution in [1.82, 2.24) is 9.88 Å². The molecule has 3 rings (SSSR count). The van der Waals surface area contributed by atoms with Gasteiger partial charge in [0.15, 0.2) is 6.10 Å². The highest BCUT2D eigenvalue weighted by Gasteiger charge is 2.32. The molecule has 1 aromatic heterocycles. The van der Waals surface area contributed by atoms with E-state index in [0.717, 1.165) is 11.4 Å². The fourth-order valence-electron chi connectivity index (χ4n) is 2.76. The van der Waals surface area contributed by atoms with Gasteiger partial charge in [0.2, 0.25) is 5.91 Å². The van der Waals surface area contributed by atoms with Gasteiger partial charge in [-0.05, 0) is 38.1 Å². The zero-order chi connectivity index (χ0) is 17.3. The summed E-state index contributed by atoms with van der Waals surface area (Å²) < 4.78 is 7.60. The van der Waals surface area contributed by atoms with E-state index in [2.05, 4.69) is 5.32 Å². The van der Waals surface area contributed by atoms with Crippen LogP contribution in [0.2, 0.25) is 0 Å². The number of nitrogens with one attached hydrogen (secondary N) is 1. The third kappa shape index (κ3) is 2.99. The summed E-state index contributed by atoms with van der Waals surface area (Å²) in [5.74, 6) is 0.208. The van der Waals surface area contributed by atoms with Crippen LogP contribution in [0.25, 0.3) is 0 Å². The van der Waals surface area contributed by atoms with E-state index >= 15 is 0 Å². The topological polar surface area (TPSA) is 63.6 Å². The fraction of sp³-hybridized carbons (Fsp3) is 0.333. The zero-order valence-electron chi connectivity index (χ0n) is 14.1. The van der Waals surface area contributed by atoms with E-state index in [0.29, 0.717) is 18.0 Å². The molecule has 0 radical (unpaired) electrons. The Kier molecular flexibility index (Phi) is 4.29. The van der Waals surface area contributed by atoms with E-state index in [-0.39, 0.29) is 18.4 Å². The highest BCUT2D eigenvalue weighted by molar-refractivity contribution is 6.03. The smallest absolute Gasteiger partial charge is 0.268 e. The van der Waals surface area contributed by atoms with Crippen LogP contribution in [0.3, 0.4) is 0 Å². The maximum atomic E-state index is 12.4. The monoisotopic (exact) mass is 327 g/mol. The molecule has 1 atom stereocenters. The number of carbonyl (C=O) groups is 2. The number of aryl methyl sites for hydroxylation is 1. The molecule has 0 fully saturated rings. The van der Waals surface area contributed by atoms with Crippen LogP contribution < -0.4 is 15.0 Å². The summed E-state index contributed by atoms with van der Waals surface area (Å²) >= 11 is 0. The van der Waals surface area contributed by atoms with Crippen molar-refractivity contribution in [3.63, 3.8) is 0 Å². The van der Waals surface area contributed by atoms with Crippen LogP contribution in [0.15, 0.2) is 36.4 Å². The standard InChI is InChI=1S/C18H21N3O3/c1-12-8-9-14(20(12)3)10-19-17(22)11-21-15-6-4-5-7-16(15)24-13(2)18(21)23/h4-9,13H,10-11H2,1-3H3,(H,19,22)/t13-/m1/s1. The number of hydrogen-bond donors (Lipinski definition) is 1. The molecule has 0 saturated carbocycles. The summed E-state index contributed by atoms with van der Waals surface area (Å²) in [6.45, 7) is 4.11. The van der Waals surface area contributed by atoms with Gasteiger partial charge in [0.25, 0.3) is 5.91 Å². The molecule has 24 heavy (non-hydrogen) atoms. The lowest BCUT2D eigenvalue weighted by Crippen LogP contribution is -2.48. The first-order valence-corrected chi connectivity index (χ1v) is 7.92. The number of amides is 2. The molecular weight excluding hydrogens is 306 g/mol. The van der Waals surface area contributed by atoms with E-state index in [1.165, 1.54) is 4.90 Å². The summed E-state index contributed by atoms with van der Waals surface area (Å²) in [7, 11) is 1.96. The molecule has 2 amide bonds. The van der Waals surface area contributed by atoms with Crippen molar-refractivity contribution in [2.75, 3.05) is 11.4 Å². The highest BCUT2D eigenvalue weighted by Crippen LogP contribution is 2.33. The predicted octanol–water partition coefficient (Wildman–Crippen LogP) is 1.76. The van der Waals surface area contributed by atoms with Gasteiger partial charge in [0, 0.05) is 18.4 Å². The molecule has 2 aromatic rings. The van der Waals surface area contributed by atoms with Crippen LogP contribution in [-0.4, -0.2) is 29.0 Å².